The zero-order valence-corrected chi connectivity index (χ0v) is 60.1. The SMILES string of the molecule is CCCCCCCCCCCCOc1c2cc(-c3cc(CC(CCCCCC)CCCCCCCC)cs3)c3nsnc3c2c(OCCCCCCCCCCCC)c2cc(-c3cc(CC(CCCCCC)CCCCCCCC)cs3)c3nsnc3c12. The predicted octanol–water partition coefficient (Wildman–Crippen LogP) is 27.8. The second-order valence-corrected chi connectivity index (χ2v) is 29.8. The molecule has 0 aliphatic carbocycles. The Morgan fingerprint density at radius 1 is 0.318 bits per heavy atom. The van der Waals surface area contributed by atoms with Crippen LogP contribution in [0.2, 0.25) is 0 Å². The molecule has 0 aliphatic rings. The molecule has 10 heteroatoms. The number of unbranched alkanes of at least 4 members (excludes halogenated alkanes) is 34. The second-order valence-electron chi connectivity index (χ2n) is 26.9. The molecular formula is C78H122N4O2S4. The van der Waals surface area contributed by atoms with Crippen molar-refractivity contribution < 1.29 is 9.47 Å². The van der Waals surface area contributed by atoms with Gasteiger partial charge in [-0.1, -0.05) is 311 Å². The largest absolute Gasteiger partial charge is 0.492 e. The number of aromatic nitrogens is 4. The lowest BCUT2D eigenvalue weighted by atomic mass is 9.89. The van der Waals surface area contributed by atoms with Crippen molar-refractivity contribution in [2.24, 2.45) is 11.8 Å². The summed E-state index contributed by atoms with van der Waals surface area (Å²) in [6.07, 6.45) is 60.4. The van der Waals surface area contributed by atoms with E-state index < -0.39 is 0 Å². The van der Waals surface area contributed by atoms with Crippen LogP contribution in [-0.2, 0) is 12.8 Å². The second kappa shape index (κ2) is 43.6. The first kappa shape index (κ1) is 72.2. The number of rotatable bonds is 54. The Morgan fingerprint density at radius 2 is 0.591 bits per heavy atom. The summed E-state index contributed by atoms with van der Waals surface area (Å²) < 4.78 is 35.8. The van der Waals surface area contributed by atoms with E-state index in [-0.39, 0.29) is 0 Å². The van der Waals surface area contributed by atoms with E-state index in [4.69, 9.17) is 27.0 Å². The smallest absolute Gasteiger partial charge is 0.137 e. The van der Waals surface area contributed by atoms with Gasteiger partial charge < -0.3 is 9.47 Å². The molecule has 0 fully saturated rings. The molecule has 2 atom stereocenters. The molecule has 3 aromatic carbocycles. The highest BCUT2D eigenvalue weighted by Crippen LogP contribution is 2.52. The Bertz CT molecular complexity index is 2740. The topological polar surface area (TPSA) is 70.0 Å². The quantitative estimate of drug-likeness (QED) is 0.0279. The van der Waals surface area contributed by atoms with E-state index in [0.29, 0.717) is 13.2 Å². The summed E-state index contributed by atoms with van der Waals surface area (Å²) in [5.74, 6) is 3.26. The van der Waals surface area contributed by atoms with E-state index in [1.54, 1.807) is 0 Å². The molecule has 0 saturated carbocycles. The van der Waals surface area contributed by atoms with Crippen LogP contribution < -0.4 is 9.47 Å². The van der Waals surface area contributed by atoms with Crippen molar-refractivity contribution in [3.63, 3.8) is 0 Å². The fraction of sp³-hybridized carbons (Fsp3) is 0.718. The molecule has 490 valence electrons. The van der Waals surface area contributed by atoms with E-state index in [1.165, 1.54) is 314 Å². The number of hydrogen-bond donors (Lipinski definition) is 0. The standard InChI is InChI=1S/C78H122N4O2S4/c1-7-13-19-25-29-31-33-35-39-45-51-83-77-67-57-65(69-55-63(59-85-69)53-61(47-41-23-17-11-5)49-43-37-27-21-15-9-3)74-76(82-88-80-74)72(67)78(84-52-46-40-36-34-32-30-26-20-14-8-2)68-58-66(73-75(71(68)77)81-87-79-73)70-56-64(60-86-70)54-62(48-42-24-18-12-6)50-44-38-28-22-16-10-4/h55-62H,7-54H2,1-6H3. The molecule has 0 radical (unpaired) electrons. The Labute approximate surface area is 553 Å². The molecule has 0 amide bonds. The minimum absolute atomic E-state index is 0.650. The van der Waals surface area contributed by atoms with E-state index in [0.717, 1.165) is 104 Å². The van der Waals surface area contributed by atoms with Crippen molar-refractivity contribution in [2.45, 2.75) is 337 Å². The van der Waals surface area contributed by atoms with Crippen molar-refractivity contribution in [2.75, 3.05) is 13.2 Å². The van der Waals surface area contributed by atoms with Crippen molar-refractivity contribution in [3.05, 3.63) is 46.2 Å². The maximum atomic E-state index is 7.39. The van der Waals surface area contributed by atoms with Gasteiger partial charge in [-0.3, -0.25) is 0 Å². The van der Waals surface area contributed by atoms with Crippen LogP contribution in [0.15, 0.2) is 35.0 Å². The molecule has 0 N–H and O–H groups in total. The van der Waals surface area contributed by atoms with Crippen LogP contribution in [-0.4, -0.2) is 30.7 Å². The first-order chi connectivity index (χ1) is 43.5. The van der Waals surface area contributed by atoms with Crippen LogP contribution in [0.3, 0.4) is 0 Å². The summed E-state index contributed by atoms with van der Waals surface area (Å²) in [4.78, 5) is 2.54. The van der Waals surface area contributed by atoms with Gasteiger partial charge in [0.2, 0.25) is 0 Å². The van der Waals surface area contributed by atoms with Gasteiger partial charge in [0.1, 0.15) is 33.6 Å². The normalized spacial score (nSPS) is 12.7. The zero-order chi connectivity index (χ0) is 61.6. The Morgan fingerprint density at radius 3 is 0.909 bits per heavy atom. The summed E-state index contributed by atoms with van der Waals surface area (Å²) in [5, 5.41) is 9.12. The average Bonchev–Trinajstić information content (AvgIpc) is 1.30. The summed E-state index contributed by atoms with van der Waals surface area (Å²) in [7, 11) is 0. The van der Waals surface area contributed by atoms with Gasteiger partial charge in [-0.15, -0.1) is 22.7 Å². The third-order valence-corrected chi connectivity index (χ3v) is 22.3. The molecule has 4 aromatic heterocycles. The highest BCUT2D eigenvalue weighted by molar-refractivity contribution is 7.14. The number of hydrogen-bond acceptors (Lipinski definition) is 10. The van der Waals surface area contributed by atoms with E-state index >= 15 is 0 Å². The number of nitrogens with zero attached hydrogens (tertiary/aromatic N) is 4. The molecule has 7 aromatic rings. The van der Waals surface area contributed by atoms with Crippen LogP contribution in [0.4, 0.5) is 0 Å². The lowest BCUT2D eigenvalue weighted by Gasteiger charge is -2.20. The Balaban J connectivity index is 1.28. The maximum absolute atomic E-state index is 7.39. The molecule has 0 spiro atoms. The fourth-order valence-corrected chi connectivity index (χ4v) is 17.0. The van der Waals surface area contributed by atoms with Crippen LogP contribution in [0.1, 0.15) is 335 Å². The molecule has 4 heterocycles. The van der Waals surface area contributed by atoms with Gasteiger partial charge in [0.05, 0.1) is 47.4 Å². The molecule has 0 bridgehead atoms. The summed E-state index contributed by atoms with van der Waals surface area (Å²) in [6, 6.07) is 9.85. The zero-order valence-electron chi connectivity index (χ0n) is 56.8. The third kappa shape index (κ3) is 23.7. The van der Waals surface area contributed by atoms with Crippen molar-refractivity contribution in [1.29, 1.82) is 0 Å². The van der Waals surface area contributed by atoms with Crippen LogP contribution in [0.5, 0.6) is 11.5 Å². The van der Waals surface area contributed by atoms with Gasteiger partial charge in [0.25, 0.3) is 0 Å². The van der Waals surface area contributed by atoms with Gasteiger partial charge in [-0.05, 0) is 83.7 Å². The van der Waals surface area contributed by atoms with Crippen LogP contribution in [0, 0.1) is 11.8 Å². The molecule has 0 saturated heterocycles. The first-order valence-electron chi connectivity index (χ1n) is 37.3. The summed E-state index contributed by atoms with van der Waals surface area (Å²) >= 11 is 6.46. The van der Waals surface area contributed by atoms with Crippen molar-refractivity contribution >= 4 is 89.7 Å². The molecule has 88 heavy (non-hydrogen) atoms. The van der Waals surface area contributed by atoms with E-state index in [2.05, 4.69) is 76.6 Å². The minimum Gasteiger partial charge on any atom is -0.492 e. The number of benzene rings is 3. The van der Waals surface area contributed by atoms with Gasteiger partial charge in [0, 0.05) is 31.7 Å². The number of thiophene rings is 2. The Hall–Kier alpha value is -3.18. The van der Waals surface area contributed by atoms with E-state index in [1.807, 2.05) is 22.7 Å². The molecule has 6 nitrogen and oxygen atoms in total. The monoisotopic (exact) mass is 1270 g/mol. The lowest BCUT2D eigenvalue weighted by Crippen LogP contribution is -2.05. The number of fused-ring (bicyclic) bond motifs is 6. The third-order valence-electron chi connectivity index (χ3n) is 19.3. The highest BCUT2D eigenvalue weighted by atomic mass is 32.1. The van der Waals surface area contributed by atoms with Gasteiger partial charge >= 0.3 is 0 Å². The first-order valence-corrected chi connectivity index (χ1v) is 40.5. The number of ether oxygens (including phenoxy) is 2. The molecular weight excluding hydrogens is 1150 g/mol. The summed E-state index contributed by atoms with van der Waals surface area (Å²) in [6.45, 7) is 15.2. The predicted molar refractivity (Wildman–Crippen MR) is 393 cm³/mol. The van der Waals surface area contributed by atoms with Crippen molar-refractivity contribution in [3.8, 4) is 32.4 Å². The summed E-state index contributed by atoms with van der Waals surface area (Å²) in [5.41, 5.74) is 9.06. The van der Waals surface area contributed by atoms with E-state index in [9.17, 15) is 0 Å². The maximum Gasteiger partial charge on any atom is 0.137 e. The molecule has 0 aliphatic heterocycles. The van der Waals surface area contributed by atoms with Crippen molar-refractivity contribution in [1.82, 2.24) is 17.5 Å². The molecule has 7 rings (SSSR count). The Kier molecular flexibility index (Phi) is 35.8. The van der Waals surface area contributed by atoms with Crippen LogP contribution >= 0.6 is 46.1 Å². The highest BCUT2D eigenvalue weighted by Gasteiger charge is 2.28. The van der Waals surface area contributed by atoms with Crippen LogP contribution in [0.25, 0.3) is 64.5 Å². The lowest BCUT2D eigenvalue weighted by molar-refractivity contribution is 0.306. The van der Waals surface area contributed by atoms with Gasteiger partial charge in [0.15, 0.2) is 0 Å². The average molecular weight is 1280 g/mol. The van der Waals surface area contributed by atoms with Gasteiger partial charge in [-0.2, -0.15) is 17.5 Å². The minimum atomic E-state index is 0.650. The van der Waals surface area contributed by atoms with Gasteiger partial charge in [-0.25, -0.2) is 0 Å². The fourth-order valence-electron chi connectivity index (χ4n) is 13.9. The molecule has 2 unspecified atom stereocenters.